The predicted molar refractivity (Wildman–Crippen MR) is 60.8 cm³/mol. The Bertz CT molecular complexity index is 583. The summed E-state index contributed by atoms with van der Waals surface area (Å²) < 4.78 is 0.957. The molecule has 4 nitrogen and oxygen atoms in total. The van der Waals surface area contributed by atoms with E-state index in [9.17, 15) is 9.59 Å². The lowest BCUT2D eigenvalue weighted by Crippen LogP contribution is -2.28. The number of nitrogens with one attached hydrogen (secondary N) is 2. The Morgan fingerprint density at radius 1 is 1.00 bits per heavy atom. The number of H-pyrrole nitrogens is 2. The van der Waals surface area contributed by atoms with Crippen LogP contribution in [0.25, 0.3) is 11.3 Å². The molecule has 0 fully saturated rings. The molecular formula is C10H7BrN2O2. The molecule has 5 heteroatoms. The fraction of sp³-hybridized carbons (Fsp3) is 0. The van der Waals surface area contributed by atoms with Crippen LogP contribution in [-0.4, -0.2) is 9.97 Å². The highest BCUT2D eigenvalue weighted by atomic mass is 79.9. The highest BCUT2D eigenvalue weighted by molar-refractivity contribution is 9.10. The van der Waals surface area contributed by atoms with Crippen molar-refractivity contribution in [3.8, 4) is 11.3 Å². The van der Waals surface area contributed by atoms with Crippen LogP contribution in [0.2, 0.25) is 0 Å². The van der Waals surface area contributed by atoms with Gasteiger partial charge < -0.3 is 9.97 Å². The highest BCUT2D eigenvalue weighted by Gasteiger charge is 2.00. The van der Waals surface area contributed by atoms with E-state index in [4.69, 9.17) is 0 Å². The molecule has 0 unspecified atom stereocenters. The van der Waals surface area contributed by atoms with E-state index in [0.29, 0.717) is 5.69 Å². The van der Waals surface area contributed by atoms with Crippen LogP contribution in [0.15, 0.2) is 44.5 Å². The zero-order chi connectivity index (χ0) is 10.8. The monoisotopic (exact) mass is 266 g/mol. The van der Waals surface area contributed by atoms with E-state index < -0.39 is 11.1 Å². The summed E-state index contributed by atoms with van der Waals surface area (Å²) in [6, 6.07) is 7.40. The Labute approximate surface area is 93.1 Å². The molecule has 0 saturated heterocycles. The molecule has 15 heavy (non-hydrogen) atoms. The number of benzene rings is 1. The maximum absolute atomic E-state index is 11.1. The summed E-state index contributed by atoms with van der Waals surface area (Å²) in [4.78, 5) is 26.8. The van der Waals surface area contributed by atoms with Gasteiger partial charge in [-0.05, 0) is 17.7 Å². The Morgan fingerprint density at radius 2 is 1.67 bits per heavy atom. The minimum atomic E-state index is -0.643. The fourth-order valence-corrected chi connectivity index (χ4v) is 1.47. The van der Waals surface area contributed by atoms with Crippen molar-refractivity contribution in [2.24, 2.45) is 0 Å². The van der Waals surface area contributed by atoms with Gasteiger partial charge >= 0.3 is 11.1 Å². The average Bonchev–Trinajstić information content (AvgIpc) is 2.23. The predicted octanol–water partition coefficient (Wildman–Crippen LogP) is 1.49. The third-order valence-corrected chi connectivity index (χ3v) is 2.49. The van der Waals surface area contributed by atoms with Gasteiger partial charge in [-0.3, -0.25) is 9.59 Å². The minimum Gasteiger partial charge on any atom is -0.322 e. The van der Waals surface area contributed by atoms with Crippen molar-refractivity contribution in [1.29, 1.82) is 0 Å². The van der Waals surface area contributed by atoms with E-state index in [1.807, 2.05) is 24.3 Å². The van der Waals surface area contributed by atoms with E-state index >= 15 is 0 Å². The first-order valence-electron chi connectivity index (χ1n) is 4.25. The van der Waals surface area contributed by atoms with Crippen LogP contribution in [0.4, 0.5) is 0 Å². The zero-order valence-corrected chi connectivity index (χ0v) is 9.17. The first-order valence-corrected chi connectivity index (χ1v) is 5.04. The second-order valence-electron chi connectivity index (χ2n) is 2.99. The van der Waals surface area contributed by atoms with Crippen molar-refractivity contribution < 1.29 is 0 Å². The topological polar surface area (TPSA) is 65.7 Å². The third-order valence-electron chi connectivity index (χ3n) is 1.96. The standard InChI is InChI=1S/C10H7BrN2O2/c11-7-3-1-6(2-4-7)8-5-12-9(14)10(15)13-8/h1-5H,(H,12,14)(H,13,15). The second-order valence-corrected chi connectivity index (χ2v) is 3.91. The lowest BCUT2D eigenvalue weighted by atomic mass is 10.2. The van der Waals surface area contributed by atoms with Crippen molar-refractivity contribution in [3.05, 3.63) is 55.6 Å². The highest BCUT2D eigenvalue weighted by Crippen LogP contribution is 2.17. The Kier molecular flexibility index (Phi) is 2.55. The maximum Gasteiger partial charge on any atom is 0.314 e. The molecule has 1 heterocycles. The zero-order valence-electron chi connectivity index (χ0n) is 7.58. The molecule has 1 aromatic heterocycles. The molecule has 0 spiro atoms. The van der Waals surface area contributed by atoms with Crippen LogP contribution in [-0.2, 0) is 0 Å². The van der Waals surface area contributed by atoms with E-state index in [0.717, 1.165) is 10.0 Å². The second kappa shape index (κ2) is 3.86. The first kappa shape index (κ1) is 9.92. The van der Waals surface area contributed by atoms with E-state index in [2.05, 4.69) is 25.9 Å². The smallest absolute Gasteiger partial charge is 0.314 e. The molecule has 0 amide bonds. The lowest BCUT2D eigenvalue weighted by Gasteiger charge is -2.00. The van der Waals surface area contributed by atoms with E-state index in [-0.39, 0.29) is 0 Å². The van der Waals surface area contributed by atoms with Crippen molar-refractivity contribution in [1.82, 2.24) is 9.97 Å². The van der Waals surface area contributed by atoms with Gasteiger partial charge in [-0.1, -0.05) is 28.1 Å². The van der Waals surface area contributed by atoms with Crippen LogP contribution in [0.3, 0.4) is 0 Å². The quantitative estimate of drug-likeness (QED) is 0.769. The molecule has 2 rings (SSSR count). The molecule has 0 aliphatic rings. The molecule has 0 bridgehead atoms. The number of hydrogen-bond acceptors (Lipinski definition) is 2. The molecular weight excluding hydrogens is 260 g/mol. The van der Waals surface area contributed by atoms with Crippen LogP contribution in [0, 0.1) is 0 Å². The van der Waals surface area contributed by atoms with Crippen LogP contribution in [0.5, 0.6) is 0 Å². The molecule has 0 aliphatic carbocycles. The van der Waals surface area contributed by atoms with Gasteiger partial charge in [0, 0.05) is 10.7 Å². The van der Waals surface area contributed by atoms with Gasteiger partial charge in [0.15, 0.2) is 0 Å². The SMILES string of the molecule is O=c1[nH]cc(-c2ccc(Br)cc2)[nH]c1=O. The number of rotatable bonds is 1. The number of aromatic nitrogens is 2. The van der Waals surface area contributed by atoms with Crippen molar-refractivity contribution >= 4 is 15.9 Å². The first-order chi connectivity index (χ1) is 7.16. The van der Waals surface area contributed by atoms with Gasteiger partial charge in [-0.15, -0.1) is 0 Å². The van der Waals surface area contributed by atoms with Gasteiger partial charge in [0.1, 0.15) is 0 Å². The molecule has 0 saturated carbocycles. The number of halogens is 1. The summed E-state index contributed by atoms with van der Waals surface area (Å²) in [6.07, 6.45) is 1.48. The van der Waals surface area contributed by atoms with Gasteiger partial charge in [-0.2, -0.15) is 0 Å². The third kappa shape index (κ3) is 2.07. The summed E-state index contributed by atoms with van der Waals surface area (Å²) in [7, 11) is 0. The normalized spacial score (nSPS) is 10.2. The molecule has 1 aromatic carbocycles. The van der Waals surface area contributed by atoms with Gasteiger partial charge in [0.2, 0.25) is 0 Å². The molecule has 76 valence electrons. The maximum atomic E-state index is 11.1. The summed E-state index contributed by atoms with van der Waals surface area (Å²) >= 11 is 3.31. The molecule has 2 N–H and O–H groups in total. The minimum absolute atomic E-state index is 0.590. The summed E-state index contributed by atoms with van der Waals surface area (Å²) in [6.45, 7) is 0. The fourth-order valence-electron chi connectivity index (χ4n) is 1.20. The molecule has 2 aromatic rings. The Morgan fingerprint density at radius 3 is 2.27 bits per heavy atom. The summed E-state index contributed by atoms with van der Waals surface area (Å²) in [5.74, 6) is 0. The Balaban J connectivity index is 2.55. The lowest BCUT2D eigenvalue weighted by molar-refractivity contribution is 1.08. The molecule has 0 aliphatic heterocycles. The van der Waals surface area contributed by atoms with Crippen molar-refractivity contribution in [2.45, 2.75) is 0 Å². The van der Waals surface area contributed by atoms with Crippen LogP contribution >= 0.6 is 15.9 Å². The van der Waals surface area contributed by atoms with Crippen LogP contribution < -0.4 is 11.1 Å². The van der Waals surface area contributed by atoms with E-state index in [1.165, 1.54) is 6.20 Å². The Hall–Kier alpha value is -1.62. The van der Waals surface area contributed by atoms with Crippen LogP contribution in [0.1, 0.15) is 0 Å². The largest absolute Gasteiger partial charge is 0.322 e. The van der Waals surface area contributed by atoms with Crippen molar-refractivity contribution in [3.63, 3.8) is 0 Å². The molecule has 0 atom stereocenters. The van der Waals surface area contributed by atoms with Gasteiger partial charge in [0.25, 0.3) is 0 Å². The number of hydrogen-bond donors (Lipinski definition) is 2. The van der Waals surface area contributed by atoms with Gasteiger partial charge in [0.05, 0.1) is 5.69 Å². The summed E-state index contributed by atoms with van der Waals surface area (Å²) in [5.41, 5.74) is 0.143. The summed E-state index contributed by atoms with van der Waals surface area (Å²) in [5, 5.41) is 0. The van der Waals surface area contributed by atoms with Crippen molar-refractivity contribution in [2.75, 3.05) is 0 Å². The number of aromatic amines is 2. The molecule has 0 radical (unpaired) electrons. The average molecular weight is 267 g/mol. The van der Waals surface area contributed by atoms with Gasteiger partial charge in [-0.25, -0.2) is 0 Å². The van der Waals surface area contributed by atoms with E-state index in [1.54, 1.807) is 0 Å².